The molecule has 0 spiro atoms. The van der Waals surface area contributed by atoms with Crippen molar-refractivity contribution < 1.29 is 9.53 Å². The minimum Gasteiger partial charge on any atom is -0.462 e. The fraction of sp³-hybridized carbons (Fsp3) is 0.263. The summed E-state index contributed by atoms with van der Waals surface area (Å²) < 4.78 is 5.09. The van der Waals surface area contributed by atoms with Crippen molar-refractivity contribution in [3.8, 4) is 0 Å². The molecule has 4 nitrogen and oxygen atoms in total. The lowest BCUT2D eigenvalue weighted by molar-refractivity contribution is 0.0526. The van der Waals surface area contributed by atoms with Crippen molar-refractivity contribution >= 4 is 23.1 Å². The number of rotatable bonds is 3. The van der Waals surface area contributed by atoms with Crippen LogP contribution in [0.2, 0.25) is 0 Å². The minimum atomic E-state index is -0.299. The molecule has 1 aliphatic rings. The summed E-state index contributed by atoms with van der Waals surface area (Å²) in [5.74, 6) is -0.299. The van der Waals surface area contributed by atoms with E-state index in [2.05, 4.69) is 13.8 Å². The van der Waals surface area contributed by atoms with Crippen molar-refractivity contribution in [1.82, 2.24) is 0 Å². The molecule has 0 aliphatic carbocycles. The van der Waals surface area contributed by atoms with Crippen molar-refractivity contribution in [1.29, 1.82) is 0 Å². The molecule has 0 unspecified atom stereocenters. The van der Waals surface area contributed by atoms with Gasteiger partial charge in [0.15, 0.2) is 0 Å². The van der Waals surface area contributed by atoms with Crippen LogP contribution in [0.15, 0.2) is 47.5 Å². The minimum absolute atomic E-state index is 0.284. The van der Waals surface area contributed by atoms with Gasteiger partial charge in [-0.3, -0.25) is 4.99 Å². The Hall–Kier alpha value is -2.62. The number of fused-ring (bicyclic) bond motifs is 1. The summed E-state index contributed by atoms with van der Waals surface area (Å²) in [6.45, 7) is 6.40. The molecule has 0 amide bonds. The van der Waals surface area contributed by atoms with Crippen LogP contribution in [-0.2, 0) is 10.2 Å². The molecule has 0 fully saturated rings. The van der Waals surface area contributed by atoms with Gasteiger partial charge in [-0.05, 0) is 48.4 Å². The molecule has 0 aromatic heterocycles. The molecule has 2 aromatic carbocycles. The highest BCUT2D eigenvalue weighted by molar-refractivity contribution is 6.12. The van der Waals surface area contributed by atoms with Gasteiger partial charge in [0.1, 0.15) is 0 Å². The van der Waals surface area contributed by atoms with Crippen LogP contribution in [0.5, 0.6) is 0 Å². The Bertz CT molecular complexity index is 790. The summed E-state index contributed by atoms with van der Waals surface area (Å²) in [5.41, 5.74) is 10.7. The van der Waals surface area contributed by atoms with Gasteiger partial charge >= 0.3 is 5.97 Å². The average Bonchev–Trinajstić information content (AvgIpc) is 2.79. The second kappa shape index (κ2) is 5.54. The summed E-state index contributed by atoms with van der Waals surface area (Å²) in [4.78, 5) is 16.7. The van der Waals surface area contributed by atoms with E-state index in [-0.39, 0.29) is 11.4 Å². The molecule has 0 saturated carbocycles. The molecule has 4 heteroatoms. The van der Waals surface area contributed by atoms with Gasteiger partial charge in [0.2, 0.25) is 0 Å². The summed E-state index contributed by atoms with van der Waals surface area (Å²) in [6.07, 6.45) is 0. The molecule has 2 aromatic rings. The van der Waals surface area contributed by atoms with Gasteiger partial charge < -0.3 is 10.5 Å². The number of nitrogens with zero attached hydrogens (tertiary/aromatic N) is 1. The first-order valence-electron chi connectivity index (χ1n) is 7.70. The number of anilines is 1. The van der Waals surface area contributed by atoms with E-state index in [9.17, 15) is 4.79 Å². The van der Waals surface area contributed by atoms with E-state index in [0.717, 1.165) is 28.2 Å². The van der Waals surface area contributed by atoms with Crippen LogP contribution in [0.25, 0.3) is 0 Å². The standard InChI is InChI=1S/C19H20N2O2/c1-4-23-18(22)13-7-10-16-15(11-13)19(2,3)17(21-16)12-5-8-14(20)9-6-12/h5-11H,4,20H2,1-3H3. The van der Waals surface area contributed by atoms with Crippen LogP contribution in [0, 0.1) is 0 Å². The molecule has 2 N–H and O–H groups in total. The predicted octanol–water partition coefficient (Wildman–Crippen LogP) is 3.86. The smallest absolute Gasteiger partial charge is 0.338 e. The Morgan fingerprint density at radius 1 is 1.17 bits per heavy atom. The number of nitrogens with two attached hydrogens (primary N) is 1. The summed E-state index contributed by atoms with van der Waals surface area (Å²) in [6, 6.07) is 13.3. The lowest BCUT2D eigenvalue weighted by atomic mass is 9.78. The number of esters is 1. The van der Waals surface area contributed by atoms with Gasteiger partial charge in [0.25, 0.3) is 0 Å². The van der Waals surface area contributed by atoms with Crippen LogP contribution in [-0.4, -0.2) is 18.3 Å². The molecule has 1 aliphatic heterocycles. The highest BCUT2D eigenvalue weighted by atomic mass is 16.5. The lowest BCUT2D eigenvalue weighted by Crippen LogP contribution is -2.26. The average molecular weight is 308 g/mol. The van der Waals surface area contributed by atoms with E-state index in [0.29, 0.717) is 12.2 Å². The number of ether oxygens (including phenoxy) is 1. The number of aliphatic imine (C=N–C) groups is 1. The van der Waals surface area contributed by atoms with E-state index < -0.39 is 0 Å². The molecule has 0 bridgehead atoms. The lowest BCUT2D eigenvalue weighted by Gasteiger charge is -2.23. The normalized spacial score (nSPS) is 15.0. The first kappa shape index (κ1) is 15.3. The second-order valence-electron chi connectivity index (χ2n) is 6.16. The zero-order valence-corrected chi connectivity index (χ0v) is 13.6. The highest BCUT2D eigenvalue weighted by Gasteiger charge is 2.36. The van der Waals surface area contributed by atoms with Gasteiger partial charge in [-0.2, -0.15) is 0 Å². The van der Waals surface area contributed by atoms with E-state index >= 15 is 0 Å². The molecular weight excluding hydrogens is 288 g/mol. The van der Waals surface area contributed by atoms with Crippen molar-refractivity contribution in [2.45, 2.75) is 26.2 Å². The monoisotopic (exact) mass is 308 g/mol. The number of carbonyl (C=O) groups is 1. The Balaban J connectivity index is 2.02. The third-order valence-corrected chi connectivity index (χ3v) is 4.19. The van der Waals surface area contributed by atoms with E-state index in [1.54, 1.807) is 13.0 Å². The van der Waals surface area contributed by atoms with Crippen LogP contribution >= 0.6 is 0 Å². The van der Waals surface area contributed by atoms with Crippen LogP contribution in [0.1, 0.15) is 42.3 Å². The Morgan fingerprint density at radius 2 is 1.87 bits per heavy atom. The van der Waals surface area contributed by atoms with E-state index in [1.807, 2.05) is 36.4 Å². The van der Waals surface area contributed by atoms with Crippen molar-refractivity contribution in [3.63, 3.8) is 0 Å². The maximum atomic E-state index is 12.0. The SMILES string of the molecule is CCOC(=O)c1ccc2c(c1)C(C)(C)C(c1ccc(N)cc1)=N2. The molecule has 3 rings (SSSR count). The number of benzene rings is 2. The summed E-state index contributed by atoms with van der Waals surface area (Å²) in [5, 5.41) is 0. The highest BCUT2D eigenvalue weighted by Crippen LogP contribution is 2.42. The Morgan fingerprint density at radius 3 is 2.52 bits per heavy atom. The number of hydrogen-bond acceptors (Lipinski definition) is 4. The molecule has 0 atom stereocenters. The Kier molecular flexibility index (Phi) is 3.68. The molecule has 118 valence electrons. The number of hydrogen-bond donors (Lipinski definition) is 1. The van der Waals surface area contributed by atoms with Crippen molar-refractivity contribution in [3.05, 3.63) is 59.2 Å². The predicted molar refractivity (Wildman–Crippen MR) is 92.5 cm³/mol. The molecule has 0 saturated heterocycles. The molecule has 23 heavy (non-hydrogen) atoms. The van der Waals surface area contributed by atoms with Gasteiger partial charge in [-0.1, -0.05) is 26.0 Å². The fourth-order valence-corrected chi connectivity index (χ4v) is 2.93. The van der Waals surface area contributed by atoms with Crippen LogP contribution in [0.4, 0.5) is 11.4 Å². The quantitative estimate of drug-likeness (QED) is 0.691. The molecule has 1 heterocycles. The first-order chi connectivity index (χ1) is 10.9. The largest absolute Gasteiger partial charge is 0.462 e. The van der Waals surface area contributed by atoms with E-state index in [4.69, 9.17) is 15.5 Å². The van der Waals surface area contributed by atoms with E-state index in [1.165, 1.54) is 0 Å². The first-order valence-corrected chi connectivity index (χ1v) is 7.70. The summed E-state index contributed by atoms with van der Waals surface area (Å²) in [7, 11) is 0. The fourth-order valence-electron chi connectivity index (χ4n) is 2.93. The van der Waals surface area contributed by atoms with Crippen LogP contribution < -0.4 is 5.73 Å². The van der Waals surface area contributed by atoms with Gasteiger partial charge in [0, 0.05) is 11.1 Å². The van der Waals surface area contributed by atoms with Gasteiger partial charge in [0.05, 0.1) is 23.6 Å². The van der Waals surface area contributed by atoms with Gasteiger partial charge in [-0.25, -0.2) is 4.79 Å². The molecule has 0 radical (unpaired) electrons. The van der Waals surface area contributed by atoms with Crippen LogP contribution in [0.3, 0.4) is 0 Å². The second-order valence-corrected chi connectivity index (χ2v) is 6.16. The topological polar surface area (TPSA) is 64.7 Å². The van der Waals surface area contributed by atoms with Gasteiger partial charge in [-0.15, -0.1) is 0 Å². The summed E-state index contributed by atoms with van der Waals surface area (Å²) >= 11 is 0. The van der Waals surface area contributed by atoms with Crippen molar-refractivity contribution in [2.24, 2.45) is 4.99 Å². The maximum Gasteiger partial charge on any atom is 0.338 e. The van der Waals surface area contributed by atoms with Crippen molar-refractivity contribution in [2.75, 3.05) is 12.3 Å². The zero-order valence-electron chi connectivity index (χ0n) is 13.6. The number of nitrogen functional groups attached to an aromatic ring is 1. The third-order valence-electron chi connectivity index (χ3n) is 4.19. The zero-order chi connectivity index (χ0) is 16.6. The third kappa shape index (κ3) is 2.61. The molecular formula is C19H20N2O2. The Labute approximate surface area is 136 Å². The number of carbonyl (C=O) groups excluding carboxylic acids is 1. The maximum absolute atomic E-state index is 12.0.